The van der Waals surface area contributed by atoms with Crippen molar-refractivity contribution in [3.63, 3.8) is 0 Å². The monoisotopic (exact) mass is 370 g/mol. The number of carboxylic acid groups (broad SMARTS) is 1. The summed E-state index contributed by atoms with van der Waals surface area (Å²) >= 11 is 7.27. The lowest BCUT2D eigenvalue weighted by atomic mass is 10.1. The molecule has 1 unspecified atom stereocenters. The van der Waals surface area contributed by atoms with E-state index in [4.69, 9.17) is 21.1 Å². The molecule has 2 N–H and O–H groups in total. The second-order valence-electron chi connectivity index (χ2n) is 4.70. The number of rotatable bonds is 7. The van der Waals surface area contributed by atoms with Gasteiger partial charge in [-0.3, -0.25) is 4.79 Å². The Balaban J connectivity index is 2.20. The summed E-state index contributed by atoms with van der Waals surface area (Å²) in [7, 11) is 2.98. The predicted molar refractivity (Wildman–Crippen MR) is 88.7 cm³/mol. The molecule has 24 heavy (non-hydrogen) atoms. The van der Waals surface area contributed by atoms with Gasteiger partial charge < -0.3 is 19.9 Å². The van der Waals surface area contributed by atoms with Gasteiger partial charge in [-0.25, -0.2) is 9.78 Å². The standard InChI is InChI=1S/C15H15ClN2O5S/c1-22-6-12-17-10(7-24-12)14(19)18-13(15(20)21)8-3-4-11(23-2)9(16)5-8/h3-5,7,13H,6H2,1-2H3,(H,18,19)(H,20,21). The number of carbonyl (C=O) groups excluding carboxylic acids is 1. The SMILES string of the molecule is COCc1nc(C(=O)NC(C(=O)O)c2ccc(OC)c(Cl)c2)cs1. The number of nitrogens with one attached hydrogen (secondary N) is 1. The van der Waals surface area contributed by atoms with Crippen molar-refractivity contribution in [3.8, 4) is 5.75 Å². The smallest absolute Gasteiger partial charge is 0.330 e. The first-order valence-electron chi connectivity index (χ1n) is 6.76. The summed E-state index contributed by atoms with van der Waals surface area (Å²) in [6.07, 6.45) is 0. The molecule has 0 saturated heterocycles. The first kappa shape index (κ1) is 18.2. The van der Waals surface area contributed by atoms with Crippen LogP contribution < -0.4 is 10.1 Å². The van der Waals surface area contributed by atoms with Crippen LogP contribution in [-0.4, -0.2) is 36.2 Å². The second kappa shape index (κ2) is 8.09. The number of thiazole rings is 1. The number of amides is 1. The average Bonchev–Trinajstić information content (AvgIpc) is 3.01. The normalized spacial score (nSPS) is 11.8. The highest BCUT2D eigenvalue weighted by Crippen LogP contribution is 2.28. The van der Waals surface area contributed by atoms with Crippen molar-refractivity contribution < 1.29 is 24.2 Å². The first-order valence-corrected chi connectivity index (χ1v) is 8.02. The number of hydrogen-bond donors (Lipinski definition) is 2. The zero-order valence-electron chi connectivity index (χ0n) is 12.9. The maximum atomic E-state index is 12.2. The number of carbonyl (C=O) groups is 2. The van der Waals surface area contributed by atoms with Crippen molar-refractivity contribution in [2.75, 3.05) is 14.2 Å². The molecule has 9 heteroatoms. The zero-order chi connectivity index (χ0) is 17.7. The van der Waals surface area contributed by atoms with Crippen LogP contribution in [0.15, 0.2) is 23.6 Å². The molecule has 1 aromatic carbocycles. The minimum absolute atomic E-state index is 0.137. The van der Waals surface area contributed by atoms with Gasteiger partial charge >= 0.3 is 5.97 Å². The summed E-state index contributed by atoms with van der Waals surface area (Å²) in [4.78, 5) is 27.8. The Hall–Kier alpha value is -2.16. The molecule has 0 aliphatic rings. The van der Waals surface area contributed by atoms with Crippen LogP contribution in [0, 0.1) is 0 Å². The van der Waals surface area contributed by atoms with E-state index in [1.54, 1.807) is 11.4 Å². The third-order valence-electron chi connectivity index (χ3n) is 3.08. The maximum Gasteiger partial charge on any atom is 0.330 e. The molecule has 0 saturated carbocycles. The van der Waals surface area contributed by atoms with Gasteiger partial charge in [0.05, 0.1) is 18.7 Å². The zero-order valence-corrected chi connectivity index (χ0v) is 14.5. The van der Waals surface area contributed by atoms with E-state index in [1.807, 2.05) is 0 Å². The highest BCUT2D eigenvalue weighted by molar-refractivity contribution is 7.09. The van der Waals surface area contributed by atoms with Crippen molar-refractivity contribution in [2.24, 2.45) is 0 Å². The molecule has 7 nitrogen and oxygen atoms in total. The molecule has 0 spiro atoms. The Bertz CT molecular complexity index is 749. The lowest BCUT2D eigenvalue weighted by molar-refractivity contribution is -0.139. The molecule has 2 rings (SSSR count). The van der Waals surface area contributed by atoms with Crippen molar-refractivity contribution in [1.82, 2.24) is 10.3 Å². The lowest BCUT2D eigenvalue weighted by Crippen LogP contribution is -2.34. The number of aliphatic carboxylic acids is 1. The lowest BCUT2D eigenvalue weighted by Gasteiger charge is -2.15. The Morgan fingerprint density at radius 1 is 1.42 bits per heavy atom. The van der Waals surface area contributed by atoms with Gasteiger partial charge in [0.1, 0.15) is 16.5 Å². The van der Waals surface area contributed by atoms with Crippen LogP contribution >= 0.6 is 22.9 Å². The number of nitrogens with zero attached hydrogens (tertiary/aromatic N) is 1. The molecular weight excluding hydrogens is 356 g/mol. The van der Waals surface area contributed by atoms with E-state index in [0.717, 1.165) is 0 Å². The molecule has 1 amide bonds. The third-order valence-corrected chi connectivity index (χ3v) is 4.20. The van der Waals surface area contributed by atoms with E-state index in [2.05, 4.69) is 10.3 Å². The fourth-order valence-corrected chi connectivity index (χ4v) is 2.97. The Labute approximate surface area is 147 Å². The number of halogens is 1. The molecule has 1 aromatic heterocycles. The first-order chi connectivity index (χ1) is 11.5. The summed E-state index contributed by atoms with van der Waals surface area (Å²) in [5.74, 6) is -1.38. The quantitative estimate of drug-likeness (QED) is 0.777. The summed E-state index contributed by atoms with van der Waals surface area (Å²) in [6.45, 7) is 0.286. The fraction of sp³-hybridized carbons (Fsp3) is 0.267. The van der Waals surface area contributed by atoms with Crippen molar-refractivity contribution in [1.29, 1.82) is 0 Å². The van der Waals surface area contributed by atoms with Crippen LogP contribution in [0.25, 0.3) is 0 Å². The summed E-state index contributed by atoms with van der Waals surface area (Å²) < 4.78 is 9.97. The number of methoxy groups -OCH3 is 2. The second-order valence-corrected chi connectivity index (χ2v) is 6.05. The minimum Gasteiger partial charge on any atom is -0.495 e. The highest BCUT2D eigenvalue weighted by atomic mass is 35.5. The van der Waals surface area contributed by atoms with Crippen LogP contribution in [0.4, 0.5) is 0 Å². The average molecular weight is 371 g/mol. The summed E-state index contributed by atoms with van der Waals surface area (Å²) in [5.41, 5.74) is 0.465. The Morgan fingerprint density at radius 3 is 2.75 bits per heavy atom. The van der Waals surface area contributed by atoms with Crippen LogP contribution in [0.2, 0.25) is 5.02 Å². The number of ether oxygens (including phenoxy) is 2. The summed E-state index contributed by atoms with van der Waals surface area (Å²) in [5, 5.41) is 14.3. The van der Waals surface area contributed by atoms with Crippen molar-refractivity contribution in [2.45, 2.75) is 12.6 Å². The summed E-state index contributed by atoms with van der Waals surface area (Å²) in [6, 6.07) is 3.26. The van der Waals surface area contributed by atoms with Crippen LogP contribution in [0.5, 0.6) is 5.75 Å². The number of aromatic nitrogens is 1. The molecule has 1 atom stereocenters. The van der Waals surface area contributed by atoms with Gasteiger partial charge in [-0.2, -0.15) is 0 Å². The Kier molecular flexibility index (Phi) is 6.13. The van der Waals surface area contributed by atoms with Crippen molar-refractivity contribution in [3.05, 3.63) is 44.9 Å². The van der Waals surface area contributed by atoms with Gasteiger partial charge in [-0.1, -0.05) is 17.7 Å². The molecule has 0 bridgehead atoms. The van der Waals surface area contributed by atoms with E-state index in [1.165, 1.54) is 37.7 Å². The molecule has 0 aliphatic heterocycles. The van der Waals surface area contributed by atoms with E-state index < -0.39 is 17.9 Å². The molecule has 128 valence electrons. The molecule has 0 fully saturated rings. The molecule has 2 aromatic rings. The molecule has 0 aliphatic carbocycles. The molecular formula is C15H15ClN2O5S. The fourth-order valence-electron chi connectivity index (χ4n) is 1.96. The van der Waals surface area contributed by atoms with Gasteiger partial charge in [0, 0.05) is 12.5 Å². The molecule has 1 heterocycles. The molecule has 0 radical (unpaired) electrons. The maximum absolute atomic E-state index is 12.2. The van der Waals surface area contributed by atoms with Crippen LogP contribution in [0.1, 0.15) is 27.1 Å². The van der Waals surface area contributed by atoms with Crippen molar-refractivity contribution >= 4 is 34.8 Å². The minimum atomic E-state index is -1.26. The van der Waals surface area contributed by atoms with Gasteiger partial charge in [-0.15, -0.1) is 11.3 Å². The largest absolute Gasteiger partial charge is 0.495 e. The topological polar surface area (TPSA) is 97.8 Å². The number of carboxylic acids is 1. The van der Waals surface area contributed by atoms with Crippen LogP contribution in [0.3, 0.4) is 0 Å². The van der Waals surface area contributed by atoms with Gasteiger partial charge in [-0.05, 0) is 17.7 Å². The highest BCUT2D eigenvalue weighted by Gasteiger charge is 2.24. The van der Waals surface area contributed by atoms with Crippen LogP contribution in [-0.2, 0) is 16.1 Å². The Morgan fingerprint density at radius 2 is 2.17 bits per heavy atom. The predicted octanol–water partition coefficient (Wildman–Crippen LogP) is 2.51. The number of hydrogen-bond acceptors (Lipinski definition) is 6. The van der Waals surface area contributed by atoms with E-state index in [-0.39, 0.29) is 17.3 Å². The third kappa shape index (κ3) is 4.22. The van der Waals surface area contributed by atoms with E-state index in [0.29, 0.717) is 16.3 Å². The van der Waals surface area contributed by atoms with Gasteiger partial charge in [0.15, 0.2) is 6.04 Å². The van der Waals surface area contributed by atoms with E-state index in [9.17, 15) is 14.7 Å². The van der Waals surface area contributed by atoms with Gasteiger partial charge in [0.2, 0.25) is 0 Å². The van der Waals surface area contributed by atoms with Gasteiger partial charge in [0.25, 0.3) is 5.91 Å². The van der Waals surface area contributed by atoms with E-state index >= 15 is 0 Å². The number of benzene rings is 1.